The second kappa shape index (κ2) is 13.2. The number of nitrogens with one attached hydrogen (secondary N) is 1. The fourth-order valence-electron chi connectivity index (χ4n) is 4.39. The minimum Gasteiger partial charge on any atom is -0.497 e. The Hall–Kier alpha value is -4.38. The van der Waals surface area contributed by atoms with Gasteiger partial charge in [-0.25, -0.2) is 0 Å². The summed E-state index contributed by atoms with van der Waals surface area (Å²) in [6.45, 7) is 2.72. The number of nitrogens with zero attached hydrogens (tertiary/aromatic N) is 1. The molecule has 1 N–H and O–H groups in total. The molecule has 0 saturated carbocycles. The van der Waals surface area contributed by atoms with Crippen LogP contribution in [0.5, 0.6) is 5.75 Å². The lowest BCUT2D eigenvalue weighted by atomic mass is 10.0. The van der Waals surface area contributed by atoms with Gasteiger partial charge in [0.2, 0.25) is 11.8 Å². The van der Waals surface area contributed by atoms with E-state index in [1.54, 1.807) is 12.0 Å². The van der Waals surface area contributed by atoms with Crippen molar-refractivity contribution >= 4 is 11.8 Å². The third kappa shape index (κ3) is 7.32. The molecule has 5 heteroatoms. The van der Waals surface area contributed by atoms with E-state index in [9.17, 15) is 9.59 Å². The van der Waals surface area contributed by atoms with Gasteiger partial charge in [0.25, 0.3) is 0 Å². The quantitative estimate of drug-likeness (QED) is 0.271. The molecule has 194 valence electrons. The van der Waals surface area contributed by atoms with Gasteiger partial charge < -0.3 is 15.0 Å². The zero-order valence-corrected chi connectivity index (χ0v) is 22.0. The van der Waals surface area contributed by atoms with Crippen molar-refractivity contribution in [2.45, 2.75) is 38.9 Å². The molecule has 5 nitrogen and oxygen atoms in total. The fourth-order valence-corrected chi connectivity index (χ4v) is 4.39. The molecule has 0 aromatic heterocycles. The van der Waals surface area contributed by atoms with E-state index in [4.69, 9.17) is 4.74 Å². The van der Waals surface area contributed by atoms with E-state index in [2.05, 4.69) is 5.32 Å². The lowest BCUT2D eigenvalue weighted by Crippen LogP contribution is -2.43. The van der Waals surface area contributed by atoms with Crippen LogP contribution in [0.15, 0.2) is 109 Å². The highest BCUT2D eigenvalue weighted by Gasteiger charge is 2.31. The van der Waals surface area contributed by atoms with Gasteiger partial charge in [0.1, 0.15) is 11.8 Å². The summed E-state index contributed by atoms with van der Waals surface area (Å²) in [6.07, 6.45) is 0.903. The zero-order valence-electron chi connectivity index (χ0n) is 22.0. The summed E-state index contributed by atoms with van der Waals surface area (Å²) in [5.74, 6) is 0.452. The van der Waals surface area contributed by atoms with Crippen molar-refractivity contribution in [3.05, 3.63) is 137 Å². The predicted octanol–water partition coefficient (Wildman–Crippen LogP) is 6.02. The van der Waals surface area contributed by atoms with E-state index in [0.29, 0.717) is 25.9 Å². The van der Waals surface area contributed by atoms with Crippen molar-refractivity contribution < 1.29 is 14.3 Å². The van der Waals surface area contributed by atoms with E-state index >= 15 is 0 Å². The molecule has 4 aromatic carbocycles. The first-order chi connectivity index (χ1) is 18.5. The minimum atomic E-state index is -0.771. The first-order valence-electron chi connectivity index (χ1n) is 12.9. The molecule has 0 bridgehead atoms. The zero-order chi connectivity index (χ0) is 26.7. The maximum absolute atomic E-state index is 13.8. The number of methoxy groups -OCH3 is 1. The van der Waals surface area contributed by atoms with Crippen molar-refractivity contribution in [3.63, 3.8) is 0 Å². The molecule has 1 atom stereocenters. The van der Waals surface area contributed by atoms with Crippen molar-refractivity contribution in [2.75, 3.05) is 7.11 Å². The number of carbonyl (C=O) groups excluding carboxylic acids is 2. The van der Waals surface area contributed by atoms with Crippen LogP contribution in [0.2, 0.25) is 0 Å². The van der Waals surface area contributed by atoms with E-state index in [0.717, 1.165) is 33.6 Å². The third-order valence-corrected chi connectivity index (χ3v) is 6.57. The van der Waals surface area contributed by atoms with Gasteiger partial charge in [0.05, 0.1) is 7.11 Å². The lowest BCUT2D eigenvalue weighted by Gasteiger charge is -2.32. The maximum atomic E-state index is 13.8. The second-order valence-electron chi connectivity index (χ2n) is 9.37. The molecule has 0 radical (unpaired) electrons. The first-order valence-corrected chi connectivity index (χ1v) is 12.9. The van der Waals surface area contributed by atoms with Crippen LogP contribution in [-0.2, 0) is 29.1 Å². The van der Waals surface area contributed by atoms with Gasteiger partial charge in [-0.15, -0.1) is 0 Å². The van der Waals surface area contributed by atoms with Gasteiger partial charge in [0, 0.05) is 19.5 Å². The predicted molar refractivity (Wildman–Crippen MR) is 151 cm³/mol. The topological polar surface area (TPSA) is 58.6 Å². The van der Waals surface area contributed by atoms with Crippen molar-refractivity contribution in [2.24, 2.45) is 0 Å². The van der Waals surface area contributed by atoms with Crippen LogP contribution < -0.4 is 10.1 Å². The normalized spacial score (nSPS) is 11.4. The average Bonchev–Trinajstić information content (AvgIpc) is 2.96. The molecule has 2 amide bonds. The lowest BCUT2D eigenvalue weighted by molar-refractivity contribution is -0.141. The number of ether oxygens (including phenoxy) is 1. The number of hydrogen-bond acceptors (Lipinski definition) is 3. The molecule has 0 heterocycles. The Balaban J connectivity index is 1.62. The van der Waals surface area contributed by atoms with E-state index in [-0.39, 0.29) is 11.8 Å². The summed E-state index contributed by atoms with van der Waals surface area (Å²) in [6, 6.07) is 34.4. The highest BCUT2D eigenvalue weighted by atomic mass is 16.5. The molecule has 0 unspecified atom stereocenters. The Labute approximate surface area is 225 Å². The van der Waals surface area contributed by atoms with Gasteiger partial charge in [-0.1, -0.05) is 103 Å². The van der Waals surface area contributed by atoms with Crippen LogP contribution in [0.25, 0.3) is 0 Å². The third-order valence-electron chi connectivity index (χ3n) is 6.57. The summed E-state index contributed by atoms with van der Waals surface area (Å²) >= 11 is 0. The molecule has 38 heavy (non-hydrogen) atoms. The van der Waals surface area contributed by atoms with Gasteiger partial charge in [0.15, 0.2) is 0 Å². The van der Waals surface area contributed by atoms with Crippen molar-refractivity contribution in [1.82, 2.24) is 10.2 Å². The number of amides is 2. The monoisotopic (exact) mass is 506 g/mol. The van der Waals surface area contributed by atoms with Crippen molar-refractivity contribution in [3.8, 4) is 5.75 Å². The summed E-state index contributed by atoms with van der Waals surface area (Å²) < 4.78 is 5.30. The molecule has 0 fully saturated rings. The Bertz CT molecular complexity index is 1300. The summed E-state index contributed by atoms with van der Waals surface area (Å²) in [5.41, 5.74) is 4.96. The highest BCUT2D eigenvalue weighted by Crippen LogP contribution is 2.26. The van der Waals surface area contributed by atoms with Crippen LogP contribution in [0.4, 0.5) is 0 Å². The van der Waals surface area contributed by atoms with Crippen LogP contribution in [0.1, 0.15) is 40.3 Å². The molecule has 4 rings (SSSR count). The molecule has 0 saturated heterocycles. The summed E-state index contributed by atoms with van der Waals surface area (Å²) in [4.78, 5) is 29.3. The second-order valence-corrected chi connectivity index (χ2v) is 9.37. The molecule has 0 aliphatic carbocycles. The number of rotatable bonds is 11. The maximum Gasteiger partial charge on any atom is 0.247 e. The number of carbonyl (C=O) groups is 2. The minimum absolute atomic E-state index is 0.0796. The molecular formula is C33H34N2O3. The smallest absolute Gasteiger partial charge is 0.247 e. The largest absolute Gasteiger partial charge is 0.497 e. The van der Waals surface area contributed by atoms with Crippen molar-refractivity contribution in [1.29, 1.82) is 0 Å². The Morgan fingerprint density at radius 3 is 2.00 bits per heavy atom. The number of benzene rings is 4. The molecular weight excluding hydrogens is 472 g/mol. The van der Waals surface area contributed by atoms with Crippen LogP contribution in [0.3, 0.4) is 0 Å². The van der Waals surface area contributed by atoms with Gasteiger partial charge in [-0.05, 0) is 47.7 Å². The fraction of sp³-hybridized carbons (Fsp3) is 0.212. The van der Waals surface area contributed by atoms with E-state index in [1.807, 2.05) is 116 Å². The number of aryl methyl sites for hydroxylation is 2. The SMILES string of the molecule is COc1ccc(CN(C(=O)CCc2ccccc2)[C@H](C(=O)NCc2ccc(C)cc2)c2ccccc2)cc1. The first kappa shape index (κ1) is 26.7. The molecule has 0 spiro atoms. The Morgan fingerprint density at radius 1 is 0.763 bits per heavy atom. The van der Waals surface area contributed by atoms with E-state index < -0.39 is 6.04 Å². The number of hydrogen-bond donors (Lipinski definition) is 1. The van der Waals surface area contributed by atoms with E-state index in [1.165, 1.54) is 0 Å². The van der Waals surface area contributed by atoms with Crippen LogP contribution >= 0.6 is 0 Å². The van der Waals surface area contributed by atoms with Crippen LogP contribution in [0, 0.1) is 6.92 Å². The highest BCUT2D eigenvalue weighted by molar-refractivity contribution is 5.88. The standard InChI is InChI=1S/C33H34N2O3/c1-25-13-15-27(16-14-25)23-34-33(37)32(29-11-7-4-8-12-29)35(24-28-17-20-30(38-2)21-18-28)31(36)22-19-26-9-5-3-6-10-26/h3-18,20-21,32H,19,22-24H2,1-2H3,(H,34,37)/t32-/m0/s1. The Morgan fingerprint density at radius 2 is 1.37 bits per heavy atom. The van der Waals surface area contributed by atoms with Gasteiger partial charge in [-0.3, -0.25) is 9.59 Å². The molecule has 0 aliphatic rings. The summed E-state index contributed by atoms with van der Waals surface area (Å²) in [7, 11) is 1.62. The summed E-state index contributed by atoms with van der Waals surface area (Å²) in [5, 5.41) is 3.08. The molecule has 0 aliphatic heterocycles. The molecule has 4 aromatic rings. The van der Waals surface area contributed by atoms with Crippen LogP contribution in [-0.4, -0.2) is 23.8 Å². The van der Waals surface area contributed by atoms with Gasteiger partial charge >= 0.3 is 0 Å². The Kier molecular flexibility index (Phi) is 9.30. The average molecular weight is 507 g/mol. The van der Waals surface area contributed by atoms with Gasteiger partial charge in [-0.2, -0.15) is 0 Å².